The van der Waals surface area contributed by atoms with Crippen LogP contribution < -0.4 is 10.1 Å². The van der Waals surface area contributed by atoms with E-state index < -0.39 is 11.7 Å². The van der Waals surface area contributed by atoms with Crippen LogP contribution in [0.4, 0.5) is 4.39 Å². The summed E-state index contributed by atoms with van der Waals surface area (Å²) in [7, 11) is 2.72. The molecule has 0 saturated heterocycles. The van der Waals surface area contributed by atoms with Crippen LogP contribution in [0.15, 0.2) is 18.2 Å². The first-order chi connectivity index (χ1) is 9.08. The molecule has 19 heavy (non-hydrogen) atoms. The molecule has 0 fully saturated rings. The highest BCUT2D eigenvalue weighted by molar-refractivity contribution is 5.94. The lowest BCUT2D eigenvalue weighted by atomic mass is 10.2. The molecule has 0 aliphatic rings. The van der Waals surface area contributed by atoms with Crippen LogP contribution in [0.1, 0.15) is 23.2 Å². The van der Waals surface area contributed by atoms with Gasteiger partial charge in [-0.1, -0.05) is 0 Å². The van der Waals surface area contributed by atoms with E-state index in [2.05, 4.69) is 10.1 Å². The van der Waals surface area contributed by atoms with Gasteiger partial charge in [-0.15, -0.1) is 0 Å². The number of ether oxygens (including phenoxy) is 2. The Kier molecular flexibility index (Phi) is 5.78. The molecule has 1 aromatic carbocycles. The molecule has 6 heteroatoms. The molecular formula is C13H16FNO4. The van der Waals surface area contributed by atoms with Gasteiger partial charge in [0.2, 0.25) is 0 Å². The summed E-state index contributed by atoms with van der Waals surface area (Å²) in [5.41, 5.74) is -0.0566. The van der Waals surface area contributed by atoms with E-state index in [9.17, 15) is 14.0 Å². The zero-order valence-corrected chi connectivity index (χ0v) is 10.9. The van der Waals surface area contributed by atoms with Crippen LogP contribution in [0.25, 0.3) is 0 Å². The molecule has 0 saturated carbocycles. The molecular weight excluding hydrogens is 253 g/mol. The van der Waals surface area contributed by atoms with Crippen LogP contribution in [0.5, 0.6) is 5.75 Å². The van der Waals surface area contributed by atoms with Crippen LogP contribution in [0.2, 0.25) is 0 Å². The molecule has 0 atom stereocenters. The molecule has 0 aromatic heterocycles. The topological polar surface area (TPSA) is 64.6 Å². The number of halogens is 1. The molecule has 1 aromatic rings. The molecule has 0 aliphatic heterocycles. The first-order valence-corrected chi connectivity index (χ1v) is 5.77. The number of carbonyl (C=O) groups is 2. The maximum Gasteiger partial charge on any atom is 0.305 e. The molecule has 0 aliphatic carbocycles. The average Bonchev–Trinajstić information content (AvgIpc) is 2.42. The molecule has 0 radical (unpaired) electrons. The Morgan fingerprint density at radius 1 is 1.32 bits per heavy atom. The van der Waals surface area contributed by atoms with E-state index in [1.165, 1.54) is 26.4 Å². The third-order valence-corrected chi connectivity index (χ3v) is 2.49. The number of rotatable bonds is 6. The second-order valence-electron chi connectivity index (χ2n) is 3.78. The Labute approximate surface area is 110 Å². The van der Waals surface area contributed by atoms with Crippen LogP contribution in [0.3, 0.4) is 0 Å². The van der Waals surface area contributed by atoms with E-state index in [-0.39, 0.29) is 24.5 Å². The summed E-state index contributed by atoms with van der Waals surface area (Å²) in [6.45, 7) is 0.277. The van der Waals surface area contributed by atoms with Gasteiger partial charge in [-0.3, -0.25) is 9.59 Å². The molecule has 1 N–H and O–H groups in total. The highest BCUT2D eigenvalue weighted by Crippen LogP contribution is 2.16. The highest BCUT2D eigenvalue weighted by atomic mass is 19.1. The largest absolute Gasteiger partial charge is 0.497 e. The van der Waals surface area contributed by atoms with Crippen LogP contribution in [-0.4, -0.2) is 32.6 Å². The fraction of sp³-hybridized carbons (Fsp3) is 0.385. The van der Waals surface area contributed by atoms with Gasteiger partial charge in [-0.25, -0.2) is 4.39 Å². The van der Waals surface area contributed by atoms with Crippen LogP contribution in [0, 0.1) is 5.82 Å². The Hall–Kier alpha value is -2.11. The number of benzene rings is 1. The molecule has 0 unspecified atom stereocenters. The van der Waals surface area contributed by atoms with Gasteiger partial charge in [0.25, 0.3) is 5.91 Å². The molecule has 0 bridgehead atoms. The van der Waals surface area contributed by atoms with Gasteiger partial charge >= 0.3 is 5.97 Å². The molecule has 1 rings (SSSR count). The lowest BCUT2D eigenvalue weighted by Crippen LogP contribution is -2.25. The SMILES string of the molecule is COC(=O)CCCNC(=O)c1ccc(OC)cc1F. The summed E-state index contributed by atoms with van der Waals surface area (Å²) in [4.78, 5) is 22.5. The molecule has 104 valence electrons. The standard InChI is InChI=1S/C13H16FNO4/c1-18-9-5-6-10(11(14)8-9)13(17)15-7-3-4-12(16)19-2/h5-6,8H,3-4,7H2,1-2H3,(H,15,17). The minimum atomic E-state index is -0.648. The van der Waals surface area contributed by atoms with Crippen molar-refractivity contribution in [1.29, 1.82) is 0 Å². The van der Waals surface area contributed by atoms with Crippen molar-refractivity contribution in [2.45, 2.75) is 12.8 Å². The van der Waals surface area contributed by atoms with Crippen molar-refractivity contribution >= 4 is 11.9 Å². The number of esters is 1. The summed E-state index contributed by atoms with van der Waals surface area (Å²) in [6, 6.07) is 4.00. The van der Waals surface area contributed by atoms with Gasteiger partial charge in [-0.05, 0) is 18.6 Å². The van der Waals surface area contributed by atoms with E-state index in [4.69, 9.17) is 4.74 Å². The number of carbonyl (C=O) groups excluding carboxylic acids is 2. The molecule has 1 amide bonds. The van der Waals surface area contributed by atoms with Crippen LogP contribution >= 0.6 is 0 Å². The number of nitrogens with one attached hydrogen (secondary N) is 1. The van der Waals surface area contributed by atoms with E-state index in [0.29, 0.717) is 12.2 Å². The number of methoxy groups -OCH3 is 2. The average molecular weight is 269 g/mol. The summed E-state index contributed by atoms with van der Waals surface area (Å²) >= 11 is 0. The maximum absolute atomic E-state index is 13.6. The summed E-state index contributed by atoms with van der Waals surface area (Å²) in [5, 5.41) is 2.53. The van der Waals surface area contributed by atoms with Gasteiger partial charge in [0, 0.05) is 19.0 Å². The van der Waals surface area contributed by atoms with Gasteiger partial charge in [-0.2, -0.15) is 0 Å². The van der Waals surface area contributed by atoms with Crippen molar-refractivity contribution in [1.82, 2.24) is 5.32 Å². The van der Waals surface area contributed by atoms with Gasteiger partial charge in [0.15, 0.2) is 0 Å². The molecule has 0 heterocycles. The zero-order valence-electron chi connectivity index (χ0n) is 10.9. The quantitative estimate of drug-likeness (QED) is 0.628. The molecule has 5 nitrogen and oxygen atoms in total. The Morgan fingerprint density at radius 3 is 2.63 bits per heavy atom. The van der Waals surface area contributed by atoms with Gasteiger partial charge in [0.1, 0.15) is 11.6 Å². The third kappa shape index (κ3) is 4.57. The number of amides is 1. The van der Waals surface area contributed by atoms with Crippen molar-refractivity contribution in [3.63, 3.8) is 0 Å². The van der Waals surface area contributed by atoms with E-state index in [1.807, 2.05) is 0 Å². The zero-order chi connectivity index (χ0) is 14.3. The Balaban J connectivity index is 2.47. The van der Waals surface area contributed by atoms with E-state index in [1.54, 1.807) is 0 Å². The van der Waals surface area contributed by atoms with Crippen molar-refractivity contribution in [2.75, 3.05) is 20.8 Å². The first-order valence-electron chi connectivity index (χ1n) is 5.77. The minimum Gasteiger partial charge on any atom is -0.497 e. The first kappa shape index (κ1) is 14.9. The lowest BCUT2D eigenvalue weighted by Gasteiger charge is -2.07. The Bertz CT molecular complexity index is 462. The van der Waals surface area contributed by atoms with Crippen molar-refractivity contribution in [3.8, 4) is 5.75 Å². The smallest absolute Gasteiger partial charge is 0.305 e. The van der Waals surface area contributed by atoms with Crippen LogP contribution in [-0.2, 0) is 9.53 Å². The predicted octanol–water partition coefficient (Wildman–Crippen LogP) is 1.52. The highest BCUT2D eigenvalue weighted by Gasteiger charge is 2.12. The predicted molar refractivity (Wildman–Crippen MR) is 66.5 cm³/mol. The summed E-state index contributed by atoms with van der Waals surface area (Å²) in [5.74, 6) is -1.17. The normalized spacial score (nSPS) is 9.84. The lowest BCUT2D eigenvalue weighted by molar-refractivity contribution is -0.140. The van der Waals surface area contributed by atoms with Crippen molar-refractivity contribution in [3.05, 3.63) is 29.6 Å². The fourth-order valence-electron chi connectivity index (χ4n) is 1.44. The Morgan fingerprint density at radius 2 is 2.05 bits per heavy atom. The maximum atomic E-state index is 13.6. The van der Waals surface area contributed by atoms with Crippen molar-refractivity contribution in [2.24, 2.45) is 0 Å². The monoisotopic (exact) mass is 269 g/mol. The van der Waals surface area contributed by atoms with Crippen molar-refractivity contribution < 1.29 is 23.5 Å². The molecule has 0 spiro atoms. The number of hydrogen-bond acceptors (Lipinski definition) is 4. The third-order valence-electron chi connectivity index (χ3n) is 2.49. The minimum absolute atomic E-state index is 0.0566. The van der Waals surface area contributed by atoms with Gasteiger partial charge in [0.05, 0.1) is 19.8 Å². The van der Waals surface area contributed by atoms with E-state index >= 15 is 0 Å². The summed E-state index contributed by atoms with van der Waals surface area (Å²) in [6.07, 6.45) is 0.651. The van der Waals surface area contributed by atoms with Gasteiger partial charge < -0.3 is 14.8 Å². The number of hydrogen-bond donors (Lipinski definition) is 1. The second kappa shape index (κ2) is 7.35. The fourth-order valence-corrected chi connectivity index (χ4v) is 1.44. The summed E-state index contributed by atoms with van der Waals surface area (Å²) < 4.78 is 22.9. The van der Waals surface area contributed by atoms with E-state index in [0.717, 1.165) is 6.07 Å². The second-order valence-corrected chi connectivity index (χ2v) is 3.78.